The van der Waals surface area contributed by atoms with Crippen LogP contribution in [0.15, 0.2) is 24.4 Å². The van der Waals surface area contributed by atoms with Gasteiger partial charge in [-0.05, 0) is 49.4 Å². The Hall–Kier alpha value is -2.89. The molecule has 1 aromatic carbocycles. The molecule has 25 heavy (non-hydrogen) atoms. The van der Waals surface area contributed by atoms with Crippen molar-refractivity contribution in [2.75, 3.05) is 18.0 Å². The Labute approximate surface area is 144 Å². The van der Waals surface area contributed by atoms with E-state index in [2.05, 4.69) is 9.88 Å². The van der Waals surface area contributed by atoms with Crippen molar-refractivity contribution in [1.29, 1.82) is 0 Å². The number of phenolic OH excluding ortho intramolecular Hbond substituents is 1. The fourth-order valence-corrected chi connectivity index (χ4v) is 3.90. The number of carboxylic acids is 1. The van der Waals surface area contributed by atoms with Crippen LogP contribution in [0.4, 0.5) is 5.69 Å². The maximum Gasteiger partial charge on any atom is 0.338 e. The van der Waals surface area contributed by atoms with Crippen LogP contribution in [0.5, 0.6) is 5.75 Å². The van der Waals surface area contributed by atoms with E-state index in [4.69, 9.17) is 0 Å². The molecule has 0 spiro atoms. The van der Waals surface area contributed by atoms with Gasteiger partial charge in [0.2, 0.25) is 5.78 Å². The molecular weight excluding hydrogens is 320 g/mol. The lowest BCUT2D eigenvalue weighted by atomic mass is 9.87. The number of carbonyl (C=O) groups excluding carboxylic acids is 1. The minimum atomic E-state index is -1.21. The maximum atomic E-state index is 12.9. The van der Waals surface area contributed by atoms with Gasteiger partial charge in [-0.15, -0.1) is 0 Å². The highest BCUT2D eigenvalue weighted by molar-refractivity contribution is 6.14. The van der Waals surface area contributed by atoms with Gasteiger partial charge in [0, 0.05) is 30.5 Å². The van der Waals surface area contributed by atoms with E-state index in [0.29, 0.717) is 0 Å². The summed E-state index contributed by atoms with van der Waals surface area (Å²) in [5.41, 5.74) is 2.78. The van der Waals surface area contributed by atoms with Crippen LogP contribution in [0.3, 0.4) is 0 Å². The summed E-state index contributed by atoms with van der Waals surface area (Å²) in [7, 11) is 0. The topological polar surface area (TPSA) is 90.7 Å². The molecule has 0 aliphatic carbocycles. The van der Waals surface area contributed by atoms with Crippen LogP contribution < -0.4 is 4.90 Å². The van der Waals surface area contributed by atoms with Gasteiger partial charge >= 0.3 is 5.97 Å². The highest BCUT2D eigenvalue weighted by atomic mass is 16.4. The Kier molecular flexibility index (Phi) is 3.67. The first-order chi connectivity index (χ1) is 12.1. The van der Waals surface area contributed by atoms with Crippen molar-refractivity contribution in [1.82, 2.24) is 4.98 Å². The van der Waals surface area contributed by atoms with Gasteiger partial charge in [0.25, 0.3) is 0 Å². The van der Waals surface area contributed by atoms with E-state index in [1.807, 2.05) is 0 Å². The smallest absolute Gasteiger partial charge is 0.338 e. The van der Waals surface area contributed by atoms with Gasteiger partial charge in [-0.3, -0.25) is 9.78 Å². The number of anilines is 1. The standard InChI is InChI=1S/C19H18N2O4/c22-17-13-6-3-9-21-8-2-4-11(16(13)21)10-14(17)18(23)15-12(19(24)25)5-1-7-20-15/h1,5,7,10,22H,2-4,6,8-9H2,(H,24,25). The minimum Gasteiger partial charge on any atom is -0.507 e. The van der Waals surface area contributed by atoms with Crippen molar-refractivity contribution < 1.29 is 19.8 Å². The minimum absolute atomic E-state index is 0.0302. The molecule has 0 saturated carbocycles. The van der Waals surface area contributed by atoms with E-state index < -0.39 is 11.8 Å². The number of carbonyl (C=O) groups is 2. The molecule has 128 valence electrons. The van der Waals surface area contributed by atoms with Gasteiger partial charge < -0.3 is 15.1 Å². The number of aryl methyl sites for hydroxylation is 1. The molecule has 0 amide bonds. The van der Waals surface area contributed by atoms with Crippen LogP contribution >= 0.6 is 0 Å². The average molecular weight is 338 g/mol. The van der Waals surface area contributed by atoms with Crippen molar-refractivity contribution in [3.8, 4) is 5.75 Å². The maximum absolute atomic E-state index is 12.9. The molecule has 2 N–H and O–H groups in total. The number of benzene rings is 1. The number of nitrogens with zero attached hydrogens (tertiary/aromatic N) is 2. The molecule has 2 aliphatic rings. The summed E-state index contributed by atoms with van der Waals surface area (Å²) in [5.74, 6) is -1.78. The van der Waals surface area contributed by atoms with Crippen molar-refractivity contribution in [3.63, 3.8) is 0 Å². The van der Waals surface area contributed by atoms with Crippen LogP contribution in [0.1, 0.15) is 50.4 Å². The monoisotopic (exact) mass is 338 g/mol. The van der Waals surface area contributed by atoms with E-state index in [-0.39, 0.29) is 22.6 Å². The normalized spacial score (nSPS) is 15.6. The fraction of sp³-hybridized carbons (Fsp3) is 0.316. The lowest BCUT2D eigenvalue weighted by Gasteiger charge is -2.37. The number of pyridine rings is 1. The first-order valence-electron chi connectivity index (χ1n) is 8.43. The number of phenols is 1. The molecular formula is C19H18N2O4. The number of aromatic carboxylic acids is 1. The molecule has 3 heterocycles. The molecule has 1 aromatic heterocycles. The molecule has 0 radical (unpaired) electrons. The molecule has 6 nitrogen and oxygen atoms in total. The molecule has 0 atom stereocenters. The molecule has 0 fully saturated rings. The second-order valence-corrected chi connectivity index (χ2v) is 6.49. The average Bonchev–Trinajstić information content (AvgIpc) is 2.64. The lowest BCUT2D eigenvalue weighted by Crippen LogP contribution is -2.34. The Balaban J connectivity index is 1.87. The zero-order valence-corrected chi connectivity index (χ0v) is 13.7. The Morgan fingerprint density at radius 1 is 1.12 bits per heavy atom. The number of rotatable bonds is 3. The quantitative estimate of drug-likeness (QED) is 0.835. The number of carboxylic acid groups (broad SMARTS) is 1. The van der Waals surface area contributed by atoms with E-state index in [9.17, 15) is 19.8 Å². The first-order valence-corrected chi connectivity index (χ1v) is 8.43. The van der Waals surface area contributed by atoms with Gasteiger partial charge in [-0.2, -0.15) is 0 Å². The molecule has 2 aliphatic heterocycles. The first kappa shape index (κ1) is 15.6. The van der Waals surface area contributed by atoms with Crippen LogP contribution in [-0.2, 0) is 12.8 Å². The SMILES string of the molecule is O=C(O)c1cccnc1C(=O)c1cc2c3c(c1O)CCCN3CCC2. The van der Waals surface area contributed by atoms with Crippen molar-refractivity contribution in [2.24, 2.45) is 0 Å². The number of aromatic nitrogens is 1. The van der Waals surface area contributed by atoms with E-state index in [1.54, 1.807) is 6.07 Å². The number of hydrogen-bond donors (Lipinski definition) is 2. The van der Waals surface area contributed by atoms with Gasteiger partial charge in [0.15, 0.2) is 0 Å². The molecule has 0 saturated heterocycles. The van der Waals surface area contributed by atoms with Crippen LogP contribution in [-0.4, -0.2) is 40.0 Å². The number of hydrogen-bond acceptors (Lipinski definition) is 5. The van der Waals surface area contributed by atoms with Crippen molar-refractivity contribution >= 4 is 17.4 Å². The molecule has 0 unspecified atom stereocenters. The lowest BCUT2D eigenvalue weighted by molar-refractivity contribution is 0.0692. The predicted octanol–water partition coefficient (Wildman–Crippen LogP) is 2.42. The molecule has 6 heteroatoms. The highest BCUT2D eigenvalue weighted by Gasteiger charge is 2.30. The second-order valence-electron chi connectivity index (χ2n) is 6.49. The van der Waals surface area contributed by atoms with Gasteiger partial charge in [-0.1, -0.05) is 0 Å². The van der Waals surface area contributed by atoms with Crippen molar-refractivity contribution in [3.05, 3.63) is 52.3 Å². The molecule has 0 bridgehead atoms. The summed E-state index contributed by atoms with van der Waals surface area (Å²) in [6.07, 6.45) is 4.91. The number of ketones is 1. The van der Waals surface area contributed by atoms with Crippen LogP contribution in [0.2, 0.25) is 0 Å². The highest BCUT2D eigenvalue weighted by Crippen LogP contribution is 2.42. The summed E-state index contributed by atoms with van der Waals surface area (Å²) in [6.45, 7) is 1.94. The van der Waals surface area contributed by atoms with Crippen LogP contribution in [0, 0.1) is 0 Å². The summed E-state index contributed by atoms with van der Waals surface area (Å²) in [5, 5.41) is 20.0. The Morgan fingerprint density at radius 3 is 2.64 bits per heavy atom. The van der Waals surface area contributed by atoms with E-state index in [1.165, 1.54) is 18.3 Å². The van der Waals surface area contributed by atoms with E-state index >= 15 is 0 Å². The van der Waals surface area contributed by atoms with Gasteiger partial charge in [0.1, 0.15) is 11.4 Å². The second kappa shape index (κ2) is 5.88. The Bertz CT molecular complexity index is 889. The van der Waals surface area contributed by atoms with Crippen molar-refractivity contribution in [2.45, 2.75) is 25.7 Å². The van der Waals surface area contributed by atoms with Gasteiger partial charge in [-0.25, -0.2) is 4.79 Å². The summed E-state index contributed by atoms with van der Waals surface area (Å²) in [6, 6.07) is 4.55. The largest absolute Gasteiger partial charge is 0.507 e. The summed E-state index contributed by atoms with van der Waals surface area (Å²) < 4.78 is 0. The predicted molar refractivity (Wildman–Crippen MR) is 91.6 cm³/mol. The zero-order valence-electron chi connectivity index (χ0n) is 13.7. The third-order valence-electron chi connectivity index (χ3n) is 4.99. The third kappa shape index (κ3) is 2.45. The molecule has 2 aromatic rings. The van der Waals surface area contributed by atoms with Crippen LogP contribution in [0.25, 0.3) is 0 Å². The van der Waals surface area contributed by atoms with Gasteiger partial charge in [0.05, 0.1) is 11.1 Å². The fourth-order valence-electron chi connectivity index (χ4n) is 3.90. The van der Waals surface area contributed by atoms with E-state index in [0.717, 1.165) is 55.6 Å². The Morgan fingerprint density at radius 2 is 1.88 bits per heavy atom. The summed E-state index contributed by atoms with van der Waals surface area (Å²) >= 11 is 0. The zero-order chi connectivity index (χ0) is 17.6. The molecule has 4 rings (SSSR count). The third-order valence-corrected chi connectivity index (χ3v) is 4.99. The number of aromatic hydroxyl groups is 1. The summed E-state index contributed by atoms with van der Waals surface area (Å²) in [4.78, 5) is 30.6.